The molecule has 0 saturated carbocycles. The summed E-state index contributed by atoms with van der Waals surface area (Å²) in [7, 11) is 0. The molecule has 0 N–H and O–H groups in total. The number of hydrogen-bond acceptors (Lipinski definition) is 5. The minimum absolute atomic E-state index is 0.0451. The Bertz CT molecular complexity index is 681. The molecule has 1 amide bonds. The van der Waals surface area contributed by atoms with Crippen LogP contribution in [0.15, 0.2) is 24.5 Å². The Morgan fingerprint density at radius 2 is 2.00 bits per heavy atom. The van der Waals surface area contributed by atoms with Gasteiger partial charge in [0.25, 0.3) is 0 Å². The number of piperidine rings is 1. The Hall–Kier alpha value is -1.97. The van der Waals surface area contributed by atoms with Gasteiger partial charge in [-0.3, -0.25) is 14.7 Å². The lowest BCUT2D eigenvalue weighted by molar-refractivity contribution is -0.147. The van der Waals surface area contributed by atoms with E-state index < -0.39 is 5.41 Å². The monoisotopic (exact) mass is 354 g/mol. The molecule has 6 heteroatoms. The van der Waals surface area contributed by atoms with Crippen molar-refractivity contribution in [3.8, 4) is 6.07 Å². The number of pyridine rings is 1. The fraction of sp³-hybridized carbons (Fsp3) is 0.650. The molecular formula is C20H26N4O2. The largest absolute Gasteiger partial charge is 0.381 e. The van der Waals surface area contributed by atoms with Gasteiger partial charge >= 0.3 is 0 Å². The number of carbonyl (C=O) groups excluding carboxylic acids is 1. The Kier molecular flexibility index (Phi) is 4.92. The minimum Gasteiger partial charge on any atom is -0.381 e. The fourth-order valence-corrected chi connectivity index (χ4v) is 4.67. The van der Waals surface area contributed by atoms with Gasteiger partial charge < -0.3 is 9.64 Å². The molecule has 2 bridgehead atoms. The van der Waals surface area contributed by atoms with Gasteiger partial charge in [0, 0.05) is 57.8 Å². The molecule has 138 valence electrons. The predicted octanol–water partition coefficient (Wildman–Crippen LogP) is 1.82. The summed E-state index contributed by atoms with van der Waals surface area (Å²) in [6.45, 7) is 4.62. The Labute approximate surface area is 154 Å². The zero-order valence-electron chi connectivity index (χ0n) is 15.1. The van der Waals surface area contributed by atoms with Crippen LogP contribution in [0.2, 0.25) is 0 Å². The van der Waals surface area contributed by atoms with Crippen LogP contribution in [0.1, 0.15) is 31.2 Å². The van der Waals surface area contributed by atoms with Gasteiger partial charge in [-0.2, -0.15) is 5.26 Å². The van der Waals surface area contributed by atoms with Gasteiger partial charge in [-0.25, -0.2) is 0 Å². The number of rotatable bonds is 3. The summed E-state index contributed by atoms with van der Waals surface area (Å²) in [4.78, 5) is 21.9. The van der Waals surface area contributed by atoms with Crippen LogP contribution in [0.3, 0.4) is 0 Å². The highest BCUT2D eigenvalue weighted by Crippen LogP contribution is 2.37. The normalized spacial score (nSPS) is 28.3. The van der Waals surface area contributed by atoms with Crippen molar-refractivity contribution in [1.29, 1.82) is 5.26 Å². The first kappa shape index (κ1) is 17.4. The number of hydrogen-bond donors (Lipinski definition) is 0. The zero-order valence-corrected chi connectivity index (χ0v) is 15.1. The SMILES string of the molecule is N#CC1(C(=O)N2C[C@H]3CC[C@@H]2CN(Cc2ccncc2)C3)CCOCC1. The van der Waals surface area contributed by atoms with Crippen molar-refractivity contribution in [1.82, 2.24) is 14.8 Å². The molecule has 0 aliphatic carbocycles. The predicted molar refractivity (Wildman–Crippen MR) is 95.8 cm³/mol. The van der Waals surface area contributed by atoms with E-state index >= 15 is 0 Å². The topological polar surface area (TPSA) is 69.5 Å². The highest BCUT2D eigenvalue weighted by molar-refractivity contribution is 5.86. The summed E-state index contributed by atoms with van der Waals surface area (Å²) < 4.78 is 5.40. The Morgan fingerprint density at radius 3 is 2.73 bits per heavy atom. The van der Waals surface area contributed by atoms with Gasteiger partial charge in [-0.05, 0) is 49.3 Å². The van der Waals surface area contributed by atoms with Crippen LogP contribution in [-0.4, -0.2) is 59.6 Å². The number of nitrogens with zero attached hydrogens (tertiary/aromatic N) is 4. The van der Waals surface area contributed by atoms with E-state index in [2.05, 4.69) is 28.1 Å². The molecule has 4 aliphatic heterocycles. The van der Waals surface area contributed by atoms with E-state index in [1.54, 1.807) is 0 Å². The number of nitriles is 1. The number of amides is 1. The molecule has 4 aliphatic rings. The summed E-state index contributed by atoms with van der Waals surface area (Å²) in [6.07, 6.45) is 6.93. The van der Waals surface area contributed by atoms with Crippen LogP contribution in [0, 0.1) is 22.7 Å². The van der Waals surface area contributed by atoms with Crippen molar-refractivity contribution in [2.75, 3.05) is 32.8 Å². The van der Waals surface area contributed by atoms with Crippen molar-refractivity contribution < 1.29 is 9.53 Å². The van der Waals surface area contributed by atoms with Gasteiger partial charge in [-0.15, -0.1) is 0 Å². The average Bonchev–Trinajstić information content (AvgIpc) is 2.99. The molecule has 0 spiro atoms. The third-order valence-electron chi connectivity index (χ3n) is 6.18. The van der Waals surface area contributed by atoms with Gasteiger partial charge in [0.15, 0.2) is 0 Å². The maximum absolute atomic E-state index is 13.3. The molecule has 1 aromatic heterocycles. The van der Waals surface area contributed by atoms with E-state index in [0.29, 0.717) is 32.0 Å². The number of carbonyl (C=O) groups is 1. The molecule has 26 heavy (non-hydrogen) atoms. The second-order valence-electron chi connectivity index (χ2n) is 7.91. The number of aromatic nitrogens is 1. The molecular weight excluding hydrogens is 328 g/mol. The molecule has 0 unspecified atom stereocenters. The smallest absolute Gasteiger partial charge is 0.243 e. The van der Waals surface area contributed by atoms with E-state index in [4.69, 9.17) is 4.74 Å². The molecule has 1 aromatic rings. The van der Waals surface area contributed by atoms with Crippen LogP contribution in [0.25, 0.3) is 0 Å². The Balaban J connectivity index is 1.49. The van der Waals surface area contributed by atoms with Crippen molar-refractivity contribution in [3.63, 3.8) is 0 Å². The second kappa shape index (κ2) is 7.34. The highest BCUT2D eigenvalue weighted by Gasteiger charge is 2.47. The van der Waals surface area contributed by atoms with E-state index in [9.17, 15) is 10.1 Å². The minimum atomic E-state index is -0.876. The van der Waals surface area contributed by atoms with Gasteiger partial charge in [0.2, 0.25) is 5.91 Å². The first-order valence-corrected chi connectivity index (χ1v) is 9.61. The van der Waals surface area contributed by atoms with Crippen molar-refractivity contribution in [2.24, 2.45) is 11.3 Å². The third-order valence-corrected chi connectivity index (χ3v) is 6.18. The highest BCUT2D eigenvalue weighted by atomic mass is 16.5. The average molecular weight is 354 g/mol. The van der Waals surface area contributed by atoms with E-state index in [0.717, 1.165) is 32.6 Å². The van der Waals surface area contributed by atoms with Crippen molar-refractivity contribution in [2.45, 2.75) is 38.3 Å². The van der Waals surface area contributed by atoms with E-state index in [-0.39, 0.29) is 11.9 Å². The number of fused-ring (bicyclic) bond motifs is 4. The molecule has 4 fully saturated rings. The second-order valence-corrected chi connectivity index (χ2v) is 7.91. The lowest BCUT2D eigenvalue weighted by Gasteiger charge is -2.41. The van der Waals surface area contributed by atoms with Gasteiger partial charge in [0.1, 0.15) is 5.41 Å². The molecule has 2 atom stereocenters. The maximum atomic E-state index is 13.3. The lowest BCUT2D eigenvalue weighted by Crippen LogP contribution is -2.54. The van der Waals surface area contributed by atoms with Gasteiger partial charge in [0.05, 0.1) is 6.07 Å². The molecule has 0 radical (unpaired) electrons. The maximum Gasteiger partial charge on any atom is 0.243 e. The first-order valence-electron chi connectivity index (χ1n) is 9.61. The van der Waals surface area contributed by atoms with Gasteiger partial charge in [-0.1, -0.05) is 0 Å². The van der Waals surface area contributed by atoms with E-state index in [1.807, 2.05) is 17.3 Å². The summed E-state index contributed by atoms with van der Waals surface area (Å²) in [5, 5.41) is 9.76. The van der Waals surface area contributed by atoms with E-state index in [1.165, 1.54) is 12.0 Å². The molecule has 4 saturated heterocycles. The van der Waals surface area contributed by atoms with Crippen LogP contribution >= 0.6 is 0 Å². The molecule has 5 rings (SSSR count). The summed E-state index contributed by atoms with van der Waals surface area (Å²) in [5.41, 5.74) is 0.385. The fourth-order valence-electron chi connectivity index (χ4n) is 4.67. The molecule has 0 aromatic carbocycles. The summed E-state index contributed by atoms with van der Waals surface area (Å²) >= 11 is 0. The van der Waals surface area contributed by atoms with Crippen LogP contribution < -0.4 is 0 Å². The lowest BCUT2D eigenvalue weighted by atomic mass is 9.79. The third kappa shape index (κ3) is 3.34. The zero-order chi connectivity index (χ0) is 18.0. The number of ether oxygens (including phenoxy) is 1. The molecule has 6 nitrogen and oxygen atoms in total. The van der Waals surface area contributed by atoms with Crippen LogP contribution in [-0.2, 0) is 16.1 Å². The summed E-state index contributed by atoms with van der Waals surface area (Å²) in [6, 6.07) is 6.69. The Morgan fingerprint density at radius 1 is 1.23 bits per heavy atom. The van der Waals surface area contributed by atoms with Crippen molar-refractivity contribution >= 4 is 5.91 Å². The quantitative estimate of drug-likeness (QED) is 0.828. The van der Waals surface area contributed by atoms with Crippen molar-refractivity contribution in [3.05, 3.63) is 30.1 Å². The van der Waals surface area contributed by atoms with Crippen LogP contribution in [0.5, 0.6) is 0 Å². The van der Waals surface area contributed by atoms with Crippen LogP contribution in [0.4, 0.5) is 0 Å². The summed E-state index contributed by atoms with van der Waals surface area (Å²) in [5.74, 6) is 0.541. The standard InChI is InChI=1S/C20H26N4O2/c21-15-20(5-9-26-10-6-20)19(25)24-13-17-1-2-18(24)14-23(12-17)11-16-3-7-22-8-4-16/h3-4,7-8,17-18H,1-2,5-6,9-14H2/t17-,18+/m0/s1. The molecule has 5 heterocycles. The first-order chi connectivity index (χ1) is 12.7.